The number of hydrogen-bond donors (Lipinski definition) is 0. The summed E-state index contributed by atoms with van der Waals surface area (Å²) in [5.74, 6) is 0. The van der Waals surface area contributed by atoms with E-state index in [2.05, 4.69) is 6.07 Å². The van der Waals surface area contributed by atoms with Crippen LogP contribution >= 0.6 is 0 Å². The zero-order valence-corrected chi connectivity index (χ0v) is 11.1. The van der Waals surface area contributed by atoms with E-state index < -0.39 is 10.0 Å². The van der Waals surface area contributed by atoms with E-state index in [1.165, 1.54) is 18.4 Å². The molecule has 0 bridgehead atoms. The molecule has 0 saturated heterocycles. The molecule has 0 aliphatic carbocycles. The van der Waals surface area contributed by atoms with Gasteiger partial charge in [-0.05, 0) is 29.3 Å². The standard InChI is InChI=1S/C14H14NO2S/c1-15(2)18(16,17)14-10-8-13(9-11-14)12-6-4-3-5-7-12/h4-11H,1-2H3. The molecule has 0 aliphatic rings. The van der Waals surface area contributed by atoms with Gasteiger partial charge in [0.2, 0.25) is 10.0 Å². The van der Waals surface area contributed by atoms with Gasteiger partial charge in [-0.15, -0.1) is 0 Å². The van der Waals surface area contributed by atoms with Gasteiger partial charge in [-0.2, -0.15) is 0 Å². The first-order valence-electron chi connectivity index (χ1n) is 5.51. The van der Waals surface area contributed by atoms with Crippen LogP contribution in [0.5, 0.6) is 0 Å². The zero-order valence-electron chi connectivity index (χ0n) is 10.3. The SMILES string of the molecule is CN(C)S(=O)(=O)c1ccc(-c2cc[c]cc2)cc1. The van der Waals surface area contributed by atoms with Crippen LogP contribution in [0.4, 0.5) is 0 Å². The Morgan fingerprint density at radius 1 is 0.889 bits per heavy atom. The van der Waals surface area contributed by atoms with Crippen molar-refractivity contribution in [1.29, 1.82) is 0 Å². The summed E-state index contributed by atoms with van der Waals surface area (Å²) in [5, 5.41) is 0. The third-order valence-electron chi connectivity index (χ3n) is 2.68. The van der Waals surface area contributed by atoms with Crippen molar-refractivity contribution in [3.05, 3.63) is 54.6 Å². The van der Waals surface area contributed by atoms with Crippen molar-refractivity contribution in [3.8, 4) is 11.1 Å². The summed E-state index contributed by atoms with van der Waals surface area (Å²) in [6.45, 7) is 0. The van der Waals surface area contributed by atoms with Crippen molar-refractivity contribution in [2.24, 2.45) is 0 Å². The molecule has 0 aromatic heterocycles. The van der Waals surface area contributed by atoms with Crippen LogP contribution in [0.15, 0.2) is 53.4 Å². The highest BCUT2D eigenvalue weighted by molar-refractivity contribution is 7.89. The molecule has 0 amide bonds. The molecule has 0 spiro atoms. The summed E-state index contributed by atoms with van der Waals surface area (Å²) in [4.78, 5) is 0.304. The Morgan fingerprint density at radius 3 is 1.89 bits per heavy atom. The van der Waals surface area contributed by atoms with Gasteiger partial charge >= 0.3 is 0 Å². The van der Waals surface area contributed by atoms with Crippen LogP contribution in [0.3, 0.4) is 0 Å². The van der Waals surface area contributed by atoms with Crippen LogP contribution in [-0.2, 0) is 10.0 Å². The minimum Gasteiger partial charge on any atom is -0.207 e. The van der Waals surface area contributed by atoms with Gasteiger partial charge in [0, 0.05) is 14.1 Å². The second-order valence-corrected chi connectivity index (χ2v) is 6.25. The van der Waals surface area contributed by atoms with Gasteiger partial charge in [0.25, 0.3) is 0 Å². The van der Waals surface area contributed by atoms with Gasteiger partial charge < -0.3 is 0 Å². The minimum atomic E-state index is -3.35. The number of sulfonamides is 1. The lowest BCUT2D eigenvalue weighted by Gasteiger charge is -2.11. The normalized spacial score (nSPS) is 11.7. The molecule has 3 nitrogen and oxygen atoms in total. The highest BCUT2D eigenvalue weighted by Crippen LogP contribution is 2.21. The smallest absolute Gasteiger partial charge is 0.207 e. The van der Waals surface area contributed by atoms with E-state index in [9.17, 15) is 8.42 Å². The Kier molecular flexibility index (Phi) is 3.50. The van der Waals surface area contributed by atoms with E-state index in [0.717, 1.165) is 11.1 Å². The molecule has 0 unspecified atom stereocenters. The molecule has 2 aromatic carbocycles. The zero-order chi connectivity index (χ0) is 13.2. The monoisotopic (exact) mass is 260 g/mol. The van der Waals surface area contributed by atoms with E-state index in [1.54, 1.807) is 12.1 Å². The Bertz CT molecular complexity index is 617. The molecule has 0 atom stereocenters. The fraction of sp³-hybridized carbons (Fsp3) is 0.143. The van der Waals surface area contributed by atoms with Gasteiger partial charge in [0.15, 0.2) is 0 Å². The molecule has 93 valence electrons. The first kappa shape index (κ1) is 12.8. The third kappa shape index (κ3) is 2.44. The second kappa shape index (κ2) is 4.92. The van der Waals surface area contributed by atoms with E-state index in [4.69, 9.17) is 0 Å². The average Bonchev–Trinajstić information content (AvgIpc) is 2.40. The average molecular weight is 260 g/mol. The molecule has 4 heteroatoms. The van der Waals surface area contributed by atoms with E-state index >= 15 is 0 Å². The lowest BCUT2D eigenvalue weighted by molar-refractivity contribution is 0.521. The summed E-state index contributed by atoms with van der Waals surface area (Å²) >= 11 is 0. The van der Waals surface area contributed by atoms with E-state index in [0.29, 0.717) is 4.90 Å². The maximum atomic E-state index is 11.9. The Hall–Kier alpha value is -1.65. The first-order chi connectivity index (χ1) is 8.51. The van der Waals surface area contributed by atoms with Crippen LogP contribution < -0.4 is 0 Å². The fourth-order valence-corrected chi connectivity index (χ4v) is 2.51. The Labute approximate surface area is 108 Å². The van der Waals surface area contributed by atoms with Gasteiger partial charge in [-0.25, -0.2) is 12.7 Å². The quantitative estimate of drug-likeness (QED) is 0.850. The highest BCUT2D eigenvalue weighted by atomic mass is 32.2. The molecule has 0 saturated carbocycles. The van der Waals surface area contributed by atoms with Crippen LogP contribution in [0.2, 0.25) is 0 Å². The van der Waals surface area contributed by atoms with E-state index in [-0.39, 0.29) is 0 Å². The van der Waals surface area contributed by atoms with Crippen LogP contribution in [0.1, 0.15) is 0 Å². The van der Waals surface area contributed by atoms with Gasteiger partial charge in [-0.1, -0.05) is 36.4 Å². The summed E-state index contributed by atoms with van der Waals surface area (Å²) in [5.41, 5.74) is 2.03. The van der Waals surface area contributed by atoms with Crippen molar-refractivity contribution in [3.63, 3.8) is 0 Å². The van der Waals surface area contributed by atoms with Crippen molar-refractivity contribution >= 4 is 10.0 Å². The molecule has 0 aliphatic heterocycles. The maximum Gasteiger partial charge on any atom is 0.242 e. The third-order valence-corrected chi connectivity index (χ3v) is 4.51. The summed E-state index contributed by atoms with van der Waals surface area (Å²) in [7, 11) is -0.301. The Morgan fingerprint density at radius 2 is 1.39 bits per heavy atom. The van der Waals surface area contributed by atoms with Crippen molar-refractivity contribution in [2.75, 3.05) is 14.1 Å². The Balaban J connectivity index is 2.38. The largest absolute Gasteiger partial charge is 0.242 e. The highest BCUT2D eigenvalue weighted by Gasteiger charge is 2.16. The lowest BCUT2D eigenvalue weighted by Crippen LogP contribution is -2.22. The fourth-order valence-electron chi connectivity index (χ4n) is 1.61. The molecule has 0 heterocycles. The van der Waals surface area contributed by atoms with Crippen LogP contribution in [0, 0.1) is 6.07 Å². The number of benzene rings is 2. The topological polar surface area (TPSA) is 37.4 Å². The van der Waals surface area contributed by atoms with Gasteiger partial charge in [-0.3, -0.25) is 0 Å². The van der Waals surface area contributed by atoms with Crippen LogP contribution in [-0.4, -0.2) is 26.8 Å². The molecule has 18 heavy (non-hydrogen) atoms. The molecule has 1 radical (unpaired) electrons. The molecular formula is C14H14NO2S. The molecular weight excluding hydrogens is 246 g/mol. The predicted octanol–water partition coefficient (Wildman–Crippen LogP) is 2.40. The van der Waals surface area contributed by atoms with Gasteiger partial charge in [0.1, 0.15) is 0 Å². The first-order valence-corrected chi connectivity index (χ1v) is 6.95. The van der Waals surface area contributed by atoms with Crippen molar-refractivity contribution in [1.82, 2.24) is 4.31 Å². The van der Waals surface area contributed by atoms with Crippen molar-refractivity contribution < 1.29 is 8.42 Å². The number of hydrogen-bond acceptors (Lipinski definition) is 2. The number of nitrogens with zero attached hydrogens (tertiary/aromatic N) is 1. The molecule has 2 aromatic rings. The van der Waals surface area contributed by atoms with E-state index in [1.807, 2.05) is 36.4 Å². The summed E-state index contributed by atoms with van der Waals surface area (Å²) < 4.78 is 25.0. The lowest BCUT2D eigenvalue weighted by atomic mass is 10.1. The van der Waals surface area contributed by atoms with Crippen LogP contribution in [0.25, 0.3) is 11.1 Å². The van der Waals surface area contributed by atoms with Crippen molar-refractivity contribution in [2.45, 2.75) is 4.90 Å². The molecule has 0 N–H and O–H groups in total. The molecule has 2 rings (SSSR count). The maximum absolute atomic E-state index is 11.9. The summed E-state index contributed by atoms with van der Waals surface area (Å²) in [6.07, 6.45) is 0. The summed E-state index contributed by atoms with van der Waals surface area (Å²) in [6, 6.07) is 17.4. The number of rotatable bonds is 3. The van der Waals surface area contributed by atoms with Gasteiger partial charge in [0.05, 0.1) is 4.90 Å². The predicted molar refractivity (Wildman–Crippen MR) is 71.6 cm³/mol. The minimum absolute atomic E-state index is 0.304. The molecule has 0 fully saturated rings. The second-order valence-electron chi connectivity index (χ2n) is 4.10.